The monoisotopic (exact) mass is 250 g/mol. The van der Waals surface area contributed by atoms with Gasteiger partial charge in [-0.1, -0.05) is 0 Å². The highest BCUT2D eigenvalue weighted by Crippen LogP contribution is 2.21. The van der Waals surface area contributed by atoms with E-state index in [1.54, 1.807) is 0 Å². The van der Waals surface area contributed by atoms with Crippen molar-refractivity contribution in [3.63, 3.8) is 0 Å². The van der Waals surface area contributed by atoms with E-state index in [1.807, 2.05) is 23.1 Å². The molecule has 0 bridgehead atoms. The Morgan fingerprint density at radius 2 is 2.17 bits per heavy atom. The predicted octanol–water partition coefficient (Wildman–Crippen LogP) is 0.409. The fourth-order valence-corrected chi connectivity index (χ4v) is 2.09. The number of carbonyl (C=O) groups excluding carboxylic acids is 1. The van der Waals surface area contributed by atoms with Crippen LogP contribution in [0.2, 0.25) is 0 Å². The lowest BCUT2D eigenvalue weighted by Crippen LogP contribution is -2.13. The van der Waals surface area contributed by atoms with Gasteiger partial charge in [-0.3, -0.25) is 9.36 Å². The molecule has 18 heavy (non-hydrogen) atoms. The van der Waals surface area contributed by atoms with Gasteiger partial charge in [-0.05, 0) is 20.3 Å². The molecule has 2 aromatic heterocycles. The second-order valence-corrected chi connectivity index (χ2v) is 4.26. The minimum absolute atomic E-state index is 0.301. The largest absolute Gasteiger partial charge is 0.370 e. The molecule has 98 valence electrons. The van der Waals surface area contributed by atoms with Crippen molar-refractivity contribution in [3.05, 3.63) is 5.69 Å². The van der Waals surface area contributed by atoms with Gasteiger partial charge in [0.1, 0.15) is 5.52 Å². The van der Waals surface area contributed by atoms with Crippen molar-refractivity contribution in [2.45, 2.75) is 39.8 Å². The zero-order valence-electron chi connectivity index (χ0n) is 10.7. The van der Waals surface area contributed by atoms with E-state index in [2.05, 4.69) is 10.1 Å². The summed E-state index contributed by atoms with van der Waals surface area (Å²) in [6.45, 7) is 5.30. The Labute approximate surface area is 105 Å². The number of hydrogen-bond acceptors (Lipinski definition) is 4. The molecule has 0 spiro atoms. The molecule has 2 aromatic rings. The summed E-state index contributed by atoms with van der Waals surface area (Å²) in [5.74, 6) is 0.155. The summed E-state index contributed by atoms with van der Waals surface area (Å²) in [4.78, 5) is 15.1. The number of carbonyl (C=O) groups is 1. The van der Waals surface area contributed by atoms with Crippen LogP contribution in [0.1, 0.15) is 25.5 Å². The zero-order chi connectivity index (χ0) is 13.3. The first-order chi connectivity index (χ1) is 8.54. The molecule has 0 unspecified atom stereocenters. The third-order valence-corrected chi connectivity index (χ3v) is 2.93. The van der Waals surface area contributed by atoms with Crippen molar-refractivity contribution in [2.75, 3.05) is 5.73 Å². The van der Waals surface area contributed by atoms with E-state index in [9.17, 15) is 4.79 Å². The highest BCUT2D eigenvalue weighted by atomic mass is 16.1. The van der Waals surface area contributed by atoms with Crippen molar-refractivity contribution >= 4 is 23.0 Å². The summed E-state index contributed by atoms with van der Waals surface area (Å²) in [5.41, 5.74) is 13.6. The topological polar surface area (TPSA) is 105 Å². The number of rotatable bonds is 5. The van der Waals surface area contributed by atoms with Gasteiger partial charge in [0.25, 0.3) is 0 Å². The first-order valence-corrected chi connectivity index (χ1v) is 6.02. The molecule has 0 aromatic carbocycles. The molecule has 0 aliphatic rings. The molecule has 0 radical (unpaired) electrons. The lowest BCUT2D eigenvalue weighted by molar-refractivity contribution is -0.118. The number of imidazole rings is 1. The standard InChI is InChI=1S/C11H18N6O/c1-3-17-10-9(7(2)15-17)14-11(13)16(10)6-4-5-8(12)18/h3-6H2,1-2H3,(H2,12,18)(H2,13,14). The molecule has 7 nitrogen and oxygen atoms in total. The van der Waals surface area contributed by atoms with Crippen molar-refractivity contribution in [1.82, 2.24) is 19.3 Å². The Kier molecular flexibility index (Phi) is 3.22. The lowest BCUT2D eigenvalue weighted by atomic mass is 10.3. The molecule has 2 rings (SSSR count). The van der Waals surface area contributed by atoms with Crippen LogP contribution in [0.4, 0.5) is 5.95 Å². The van der Waals surface area contributed by atoms with Crippen molar-refractivity contribution < 1.29 is 4.79 Å². The molecule has 2 heterocycles. The maximum Gasteiger partial charge on any atom is 0.217 e. The number of primary amides is 1. The molecule has 7 heteroatoms. The Morgan fingerprint density at radius 1 is 1.44 bits per heavy atom. The summed E-state index contributed by atoms with van der Waals surface area (Å²) in [7, 11) is 0. The molecule has 0 fully saturated rings. The molecule has 1 amide bonds. The van der Waals surface area contributed by atoms with Crippen LogP contribution in [0, 0.1) is 6.92 Å². The van der Waals surface area contributed by atoms with Gasteiger partial charge < -0.3 is 11.5 Å². The van der Waals surface area contributed by atoms with Crippen LogP contribution in [-0.4, -0.2) is 25.2 Å². The summed E-state index contributed by atoms with van der Waals surface area (Å²) in [5, 5.41) is 4.40. The second-order valence-electron chi connectivity index (χ2n) is 4.26. The van der Waals surface area contributed by atoms with Gasteiger partial charge in [0.15, 0.2) is 5.65 Å². The van der Waals surface area contributed by atoms with E-state index in [0.717, 1.165) is 23.4 Å². The number of fused-ring (bicyclic) bond motifs is 1. The summed E-state index contributed by atoms with van der Waals surface area (Å²) in [6.07, 6.45) is 0.997. The Balaban J connectivity index is 2.36. The van der Waals surface area contributed by atoms with Gasteiger partial charge in [0, 0.05) is 19.5 Å². The fraction of sp³-hybridized carbons (Fsp3) is 0.545. The maximum atomic E-state index is 10.8. The highest BCUT2D eigenvalue weighted by Gasteiger charge is 2.16. The molecule has 4 N–H and O–H groups in total. The number of nitrogens with zero attached hydrogens (tertiary/aromatic N) is 4. The van der Waals surface area contributed by atoms with Crippen LogP contribution >= 0.6 is 0 Å². The smallest absolute Gasteiger partial charge is 0.217 e. The molecule has 0 aliphatic heterocycles. The predicted molar refractivity (Wildman–Crippen MR) is 68.8 cm³/mol. The van der Waals surface area contributed by atoms with Crippen LogP contribution in [-0.2, 0) is 17.9 Å². The van der Waals surface area contributed by atoms with E-state index in [-0.39, 0.29) is 5.91 Å². The van der Waals surface area contributed by atoms with Gasteiger partial charge >= 0.3 is 0 Å². The fourth-order valence-electron chi connectivity index (χ4n) is 2.09. The van der Waals surface area contributed by atoms with Gasteiger partial charge in [0.05, 0.1) is 5.69 Å². The minimum atomic E-state index is -0.301. The van der Waals surface area contributed by atoms with E-state index in [1.165, 1.54) is 0 Å². The van der Waals surface area contributed by atoms with E-state index in [0.29, 0.717) is 25.3 Å². The average Bonchev–Trinajstić information content (AvgIpc) is 2.78. The first kappa shape index (κ1) is 12.4. The molecule has 0 aliphatic carbocycles. The molecule has 0 atom stereocenters. The quantitative estimate of drug-likeness (QED) is 0.801. The number of nitrogens with two attached hydrogens (primary N) is 2. The number of nitrogen functional groups attached to an aromatic ring is 1. The highest BCUT2D eigenvalue weighted by molar-refractivity contribution is 5.77. The van der Waals surface area contributed by atoms with Crippen LogP contribution in [0.15, 0.2) is 0 Å². The number of aromatic nitrogens is 4. The Bertz CT molecular complexity index is 582. The Hall–Kier alpha value is -2.05. The van der Waals surface area contributed by atoms with Gasteiger partial charge in [-0.25, -0.2) is 9.67 Å². The van der Waals surface area contributed by atoms with Crippen molar-refractivity contribution in [3.8, 4) is 0 Å². The van der Waals surface area contributed by atoms with Crippen molar-refractivity contribution in [1.29, 1.82) is 0 Å². The molecule has 0 saturated carbocycles. The summed E-state index contributed by atoms with van der Waals surface area (Å²) < 4.78 is 3.76. The third kappa shape index (κ3) is 2.03. The van der Waals surface area contributed by atoms with Gasteiger partial charge in [-0.15, -0.1) is 0 Å². The van der Waals surface area contributed by atoms with Crippen molar-refractivity contribution in [2.24, 2.45) is 5.73 Å². The van der Waals surface area contributed by atoms with Crippen LogP contribution in [0.5, 0.6) is 0 Å². The minimum Gasteiger partial charge on any atom is -0.370 e. The first-order valence-electron chi connectivity index (χ1n) is 6.02. The number of anilines is 1. The number of aryl methyl sites for hydroxylation is 3. The summed E-state index contributed by atoms with van der Waals surface area (Å²) >= 11 is 0. The number of amides is 1. The van der Waals surface area contributed by atoms with Crippen LogP contribution in [0.3, 0.4) is 0 Å². The zero-order valence-corrected chi connectivity index (χ0v) is 10.7. The van der Waals surface area contributed by atoms with Crippen LogP contribution in [0.25, 0.3) is 11.2 Å². The maximum absolute atomic E-state index is 10.8. The lowest BCUT2D eigenvalue weighted by Gasteiger charge is -2.06. The summed E-state index contributed by atoms with van der Waals surface area (Å²) in [6, 6.07) is 0. The van der Waals surface area contributed by atoms with Crippen LogP contribution < -0.4 is 11.5 Å². The second kappa shape index (κ2) is 4.67. The third-order valence-electron chi connectivity index (χ3n) is 2.93. The van der Waals surface area contributed by atoms with E-state index in [4.69, 9.17) is 11.5 Å². The SMILES string of the molecule is CCn1nc(C)c2nc(N)n(CCCC(N)=O)c21. The average molecular weight is 250 g/mol. The Morgan fingerprint density at radius 3 is 2.78 bits per heavy atom. The molecule has 0 saturated heterocycles. The van der Waals surface area contributed by atoms with E-state index >= 15 is 0 Å². The molecular weight excluding hydrogens is 232 g/mol. The van der Waals surface area contributed by atoms with Gasteiger partial charge in [0.2, 0.25) is 11.9 Å². The molecular formula is C11H18N6O. The normalized spacial score (nSPS) is 11.2. The van der Waals surface area contributed by atoms with E-state index < -0.39 is 0 Å². The van der Waals surface area contributed by atoms with Gasteiger partial charge in [-0.2, -0.15) is 5.10 Å². The number of hydrogen-bond donors (Lipinski definition) is 2.